The molecular formula is C23H34BrN3O5. The van der Waals surface area contributed by atoms with Crippen LogP contribution in [-0.4, -0.2) is 58.2 Å². The van der Waals surface area contributed by atoms with E-state index in [0.29, 0.717) is 6.54 Å². The van der Waals surface area contributed by atoms with Gasteiger partial charge in [0.1, 0.15) is 17.7 Å². The third kappa shape index (κ3) is 7.48. The summed E-state index contributed by atoms with van der Waals surface area (Å²) in [5.41, 5.74) is -0.438. The highest BCUT2D eigenvalue weighted by atomic mass is 79.9. The summed E-state index contributed by atoms with van der Waals surface area (Å²) < 4.78 is 6.25. The van der Waals surface area contributed by atoms with Crippen molar-refractivity contribution in [1.82, 2.24) is 15.5 Å². The molecule has 9 heteroatoms. The number of hydrogen-bond donors (Lipinski definition) is 3. The Morgan fingerprint density at radius 2 is 1.75 bits per heavy atom. The smallest absolute Gasteiger partial charge is 0.408 e. The first-order valence-corrected chi connectivity index (χ1v) is 11.5. The summed E-state index contributed by atoms with van der Waals surface area (Å²) >= 11 is 3.37. The van der Waals surface area contributed by atoms with Gasteiger partial charge in [0.25, 0.3) is 0 Å². The van der Waals surface area contributed by atoms with Gasteiger partial charge in [-0.25, -0.2) is 4.79 Å². The molecule has 1 aliphatic rings. The van der Waals surface area contributed by atoms with Crippen LogP contribution in [0.2, 0.25) is 0 Å². The fourth-order valence-electron chi connectivity index (χ4n) is 3.46. The number of carbonyl (C=O) groups excluding carboxylic acids is 3. The number of alkyl carbamates (subject to hydrolysis) is 1. The Balaban J connectivity index is 2.13. The molecule has 0 bridgehead atoms. The molecule has 1 saturated heterocycles. The van der Waals surface area contributed by atoms with E-state index in [1.165, 1.54) is 4.90 Å². The molecule has 1 heterocycles. The Kier molecular flexibility index (Phi) is 8.33. The van der Waals surface area contributed by atoms with Crippen LogP contribution in [0.25, 0.3) is 0 Å². The first-order chi connectivity index (χ1) is 14.7. The fraction of sp³-hybridized carbons (Fsp3) is 0.609. The molecular weight excluding hydrogens is 478 g/mol. The van der Waals surface area contributed by atoms with E-state index >= 15 is 0 Å². The van der Waals surface area contributed by atoms with Crippen LogP contribution in [0.5, 0.6) is 0 Å². The maximum atomic E-state index is 13.4. The number of rotatable bonds is 5. The average molecular weight is 512 g/mol. The lowest BCUT2D eigenvalue weighted by Crippen LogP contribution is -2.58. The van der Waals surface area contributed by atoms with E-state index in [9.17, 15) is 19.5 Å². The lowest BCUT2D eigenvalue weighted by Gasteiger charge is -2.35. The zero-order chi connectivity index (χ0) is 24.3. The summed E-state index contributed by atoms with van der Waals surface area (Å²) in [5, 5.41) is 15.7. The van der Waals surface area contributed by atoms with E-state index in [4.69, 9.17) is 4.74 Å². The Hall–Kier alpha value is -2.13. The van der Waals surface area contributed by atoms with Crippen LogP contribution < -0.4 is 10.6 Å². The van der Waals surface area contributed by atoms with E-state index in [1.807, 2.05) is 45.0 Å². The average Bonchev–Trinajstić information content (AvgIpc) is 3.04. The topological polar surface area (TPSA) is 108 Å². The number of likely N-dealkylation sites (tertiary alicyclic amines) is 1. The number of aliphatic hydroxyl groups is 1. The molecule has 178 valence electrons. The molecule has 1 aromatic carbocycles. The lowest BCUT2D eigenvalue weighted by molar-refractivity contribution is -0.142. The molecule has 1 aliphatic heterocycles. The number of ether oxygens (including phenoxy) is 1. The SMILES string of the molecule is CC(C)(C)OC(=O)N[C@H](C(=O)N1C[C@H](O)C[C@H]1C(=O)NCc1ccc(Br)cc1)C(C)(C)C. The molecule has 0 aromatic heterocycles. The van der Waals surface area contributed by atoms with E-state index in [2.05, 4.69) is 26.6 Å². The van der Waals surface area contributed by atoms with Gasteiger partial charge in [-0.2, -0.15) is 0 Å². The number of nitrogens with zero attached hydrogens (tertiary/aromatic N) is 1. The van der Waals surface area contributed by atoms with Gasteiger partial charge in [0.2, 0.25) is 11.8 Å². The third-order valence-corrected chi connectivity index (χ3v) is 5.55. The maximum absolute atomic E-state index is 13.4. The number of nitrogens with one attached hydrogen (secondary N) is 2. The Labute approximate surface area is 198 Å². The van der Waals surface area contributed by atoms with Gasteiger partial charge in [0.05, 0.1) is 6.10 Å². The van der Waals surface area contributed by atoms with Gasteiger partial charge in [-0.05, 0) is 43.9 Å². The van der Waals surface area contributed by atoms with Crippen molar-refractivity contribution in [2.75, 3.05) is 6.54 Å². The fourth-order valence-corrected chi connectivity index (χ4v) is 3.72. The summed E-state index contributed by atoms with van der Waals surface area (Å²) in [7, 11) is 0. The third-order valence-electron chi connectivity index (χ3n) is 5.02. The van der Waals surface area contributed by atoms with Gasteiger partial charge in [-0.15, -0.1) is 0 Å². The van der Waals surface area contributed by atoms with Gasteiger partial charge >= 0.3 is 6.09 Å². The van der Waals surface area contributed by atoms with Gasteiger partial charge in [-0.3, -0.25) is 9.59 Å². The molecule has 0 saturated carbocycles. The number of halogens is 1. The second kappa shape index (κ2) is 10.2. The van der Waals surface area contributed by atoms with E-state index in [1.54, 1.807) is 20.8 Å². The van der Waals surface area contributed by atoms with Crippen molar-refractivity contribution in [1.29, 1.82) is 0 Å². The van der Waals surface area contributed by atoms with Crippen LogP contribution in [-0.2, 0) is 20.9 Å². The molecule has 0 unspecified atom stereocenters. The second-order valence-corrected chi connectivity index (χ2v) is 11.1. The summed E-state index contributed by atoms with van der Waals surface area (Å²) in [6.45, 7) is 11.0. The van der Waals surface area contributed by atoms with Gasteiger partial charge < -0.3 is 25.4 Å². The number of carbonyl (C=O) groups is 3. The zero-order valence-electron chi connectivity index (χ0n) is 19.6. The molecule has 1 fully saturated rings. The first-order valence-electron chi connectivity index (χ1n) is 10.7. The highest BCUT2D eigenvalue weighted by Crippen LogP contribution is 2.26. The number of amides is 3. The summed E-state index contributed by atoms with van der Waals surface area (Å²) in [4.78, 5) is 40.0. The molecule has 3 N–H and O–H groups in total. The van der Waals surface area contributed by atoms with E-state index in [-0.39, 0.29) is 18.9 Å². The predicted octanol–water partition coefficient (Wildman–Crippen LogP) is 2.97. The van der Waals surface area contributed by atoms with Crippen molar-refractivity contribution in [3.63, 3.8) is 0 Å². The predicted molar refractivity (Wildman–Crippen MR) is 125 cm³/mol. The highest BCUT2D eigenvalue weighted by molar-refractivity contribution is 9.10. The zero-order valence-corrected chi connectivity index (χ0v) is 21.2. The molecule has 0 radical (unpaired) electrons. The molecule has 1 aromatic rings. The minimum absolute atomic E-state index is 0.0256. The van der Waals surface area contributed by atoms with Gasteiger partial charge in [0.15, 0.2) is 0 Å². The summed E-state index contributed by atoms with van der Waals surface area (Å²) in [6.07, 6.45) is -1.38. The molecule has 0 aliphatic carbocycles. The van der Waals surface area contributed by atoms with Crippen LogP contribution >= 0.6 is 15.9 Å². The van der Waals surface area contributed by atoms with Crippen molar-refractivity contribution >= 4 is 33.8 Å². The van der Waals surface area contributed by atoms with Crippen molar-refractivity contribution < 1.29 is 24.2 Å². The van der Waals surface area contributed by atoms with E-state index in [0.717, 1.165) is 10.0 Å². The summed E-state index contributed by atoms with van der Waals surface area (Å²) in [5.74, 6) is -0.772. The van der Waals surface area contributed by atoms with Crippen LogP contribution in [0.1, 0.15) is 53.5 Å². The Morgan fingerprint density at radius 3 is 2.28 bits per heavy atom. The standard InChI is InChI=1S/C23H34BrN3O5/c1-22(2,3)18(26-21(31)32-23(4,5)6)20(30)27-13-16(28)11-17(27)19(29)25-12-14-7-9-15(24)10-8-14/h7-10,16-18,28H,11-13H2,1-6H3,(H,25,29)(H,26,31)/t16-,17+,18-/m1/s1. The minimum Gasteiger partial charge on any atom is -0.444 e. The number of β-amino-alcohol motifs (C(OH)–C–C–N with tert-alkyl or cyclic N) is 1. The quantitative estimate of drug-likeness (QED) is 0.563. The van der Waals surface area contributed by atoms with Crippen molar-refractivity contribution in [3.8, 4) is 0 Å². The molecule has 32 heavy (non-hydrogen) atoms. The van der Waals surface area contributed by atoms with E-state index < -0.39 is 41.2 Å². The largest absolute Gasteiger partial charge is 0.444 e. The Morgan fingerprint density at radius 1 is 1.16 bits per heavy atom. The monoisotopic (exact) mass is 511 g/mol. The first kappa shape index (κ1) is 26.1. The van der Waals surface area contributed by atoms with Crippen LogP contribution in [0.4, 0.5) is 4.79 Å². The van der Waals surface area contributed by atoms with Gasteiger partial charge in [0, 0.05) is 24.0 Å². The normalized spacial score (nSPS) is 19.9. The number of benzene rings is 1. The minimum atomic E-state index is -0.926. The molecule has 3 amide bonds. The van der Waals surface area contributed by atoms with Crippen LogP contribution in [0.15, 0.2) is 28.7 Å². The second-order valence-electron chi connectivity index (χ2n) is 10.2. The number of hydrogen-bond acceptors (Lipinski definition) is 5. The van der Waals surface area contributed by atoms with Crippen LogP contribution in [0.3, 0.4) is 0 Å². The lowest BCUT2D eigenvalue weighted by atomic mass is 9.85. The van der Waals surface area contributed by atoms with Gasteiger partial charge in [-0.1, -0.05) is 48.8 Å². The Bertz CT molecular complexity index is 830. The highest BCUT2D eigenvalue weighted by Gasteiger charge is 2.44. The van der Waals surface area contributed by atoms with Crippen LogP contribution in [0, 0.1) is 5.41 Å². The molecule has 0 spiro atoms. The number of aliphatic hydroxyl groups excluding tert-OH is 1. The van der Waals surface area contributed by atoms with Crippen molar-refractivity contribution in [3.05, 3.63) is 34.3 Å². The molecule has 8 nitrogen and oxygen atoms in total. The summed E-state index contributed by atoms with van der Waals surface area (Å²) in [6, 6.07) is 5.79. The van der Waals surface area contributed by atoms with Crippen molar-refractivity contribution in [2.24, 2.45) is 5.41 Å². The molecule has 2 rings (SSSR count). The maximum Gasteiger partial charge on any atom is 0.408 e. The van der Waals surface area contributed by atoms with Crippen molar-refractivity contribution in [2.45, 2.75) is 78.3 Å². The molecule has 3 atom stereocenters.